The monoisotopic (exact) mass is 1230 g/mol. The molecule has 0 saturated carbocycles. The van der Waals surface area contributed by atoms with Crippen molar-refractivity contribution in [1.29, 1.82) is 0 Å². The Hall–Kier alpha value is -1.94. The molecule has 5 atom stereocenters. The number of unbranched alkanes of at least 4 members (excludes halogenated alkanes) is 33. The third kappa shape index (κ3) is 58.8. The first-order valence-corrected chi connectivity index (χ1v) is 36.5. The average molecular weight is 1230 g/mol. The molecule has 0 aromatic rings. The van der Waals surface area contributed by atoms with Gasteiger partial charge in [0.15, 0.2) is 12.2 Å². The fourth-order valence-electron chi connectivity index (χ4n) is 9.53. The van der Waals surface area contributed by atoms with E-state index in [4.69, 9.17) is 37.0 Å². The van der Waals surface area contributed by atoms with Crippen LogP contribution in [0.3, 0.4) is 0 Å². The van der Waals surface area contributed by atoms with Crippen molar-refractivity contribution in [1.82, 2.24) is 0 Å². The van der Waals surface area contributed by atoms with Gasteiger partial charge in [-0.25, -0.2) is 9.13 Å². The normalized spacial score (nSPS) is 14.3. The van der Waals surface area contributed by atoms with Gasteiger partial charge in [0, 0.05) is 25.7 Å². The molecule has 0 fully saturated rings. The molecule has 0 rings (SSSR count). The summed E-state index contributed by atoms with van der Waals surface area (Å²) in [5.74, 6) is -0.724. The van der Waals surface area contributed by atoms with Crippen LogP contribution in [-0.2, 0) is 65.4 Å². The van der Waals surface area contributed by atoms with E-state index in [2.05, 4.69) is 41.5 Å². The van der Waals surface area contributed by atoms with Gasteiger partial charge >= 0.3 is 39.5 Å². The van der Waals surface area contributed by atoms with Crippen LogP contribution >= 0.6 is 15.6 Å². The summed E-state index contributed by atoms with van der Waals surface area (Å²) >= 11 is 0. The minimum atomic E-state index is -4.94. The lowest BCUT2D eigenvalue weighted by Crippen LogP contribution is -2.30. The number of aliphatic hydroxyl groups excluding tert-OH is 1. The number of carbonyl (C=O) groups is 4. The maximum Gasteiger partial charge on any atom is 0.472 e. The van der Waals surface area contributed by atoms with E-state index in [1.165, 1.54) is 135 Å². The summed E-state index contributed by atoms with van der Waals surface area (Å²) in [4.78, 5) is 72.1. The van der Waals surface area contributed by atoms with E-state index < -0.39 is 97.5 Å². The van der Waals surface area contributed by atoms with Gasteiger partial charge in [-0.2, -0.15) is 0 Å². The molecule has 0 spiro atoms. The van der Waals surface area contributed by atoms with E-state index in [1.807, 2.05) is 0 Å². The van der Waals surface area contributed by atoms with E-state index in [9.17, 15) is 43.2 Å². The zero-order chi connectivity index (χ0) is 61.5. The van der Waals surface area contributed by atoms with Crippen LogP contribution in [0.15, 0.2) is 0 Å². The van der Waals surface area contributed by atoms with Crippen LogP contribution in [0.25, 0.3) is 0 Å². The summed E-state index contributed by atoms with van der Waals surface area (Å²) in [6.07, 6.45) is 39.1. The Bertz CT molecular complexity index is 1630. The molecule has 0 amide bonds. The van der Waals surface area contributed by atoms with Gasteiger partial charge in [-0.3, -0.25) is 37.3 Å². The van der Waals surface area contributed by atoms with Crippen LogP contribution in [0.1, 0.15) is 318 Å². The van der Waals surface area contributed by atoms with Gasteiger partial charge in [0.1, 0.15) is 19.3 Å². The van der Waals surface area contributed by atoms with Crippen LogP contribution in [0.4, 0.5) is 0 Å². The Labute approximate surface area is 505 Å². The van der Waals surface area contributed by atoms with Gasteiger partial charge in [0.25, 0.3) is 0 Å². The summed E-state index contributed by atoms with van der Waals surface area (Å²) < 4.78 is 67.9. The number of carbonyl (C=O) groups excluding carboxylic acids is 4. The predicted octanol–water partition coefficient (Wildman–Crippen LogP) is 17.7. The van der Waals surface area contributed by atoms with Gasteiger partial charge in [-0.05, 0) is 37.5 Å². The smallest absolute Gasteiger partial charge is 0.462 e. The fraction of sp³-hybridized carbons (Fsp3) is 0.938. The molecule has 17 nitrogen and oxygen atoms in total. The Morgan fingerprint density at radius 2 is 0.554 bits per heavy atom. The molecule has 0 aliphatic carbocycles. The van der Waals surface area contributed by atoms with Crippen LogP contribution in [0.5, 0.6) is 0 Å². The Kier molecular flexibility index (Phi) is 55.2. The largest absolute Gasteiger partial charge is 0.472 e. The Morgan fingerprint density at radius 3 is 0.819 bits per heavy atom. The number of hydrogen-bond acceptors (Lipinski definition) is 15. The Morgan fingerprint density at radius 1 is 0.325 bits per heavy atom. The lowest BCUT2D eigenvalue weighted by molar-refractivity contribution is -0.161. The van der Waals surface area contributed by atoms with Crippen molar-refractivity contribution in [3.8, 4) is 0 Å². The van der Waals surface area contributed by atoms with Crippen LogP contribution < -0.4 is 0 Å². The first kappa shape index (κ1) is 81.1. The lowest BCUT2D eigenvalue weighted by Gasteiger charge is -2.21. The minimum Gasteiger partial charge on any atom is -0.462 e. The molecule has 0 saturated heterocycles. The third-order valence-electron chi connectivity index (χ3n) is 14.7. The molecular weight excluding hydrogens is 1100 g/mol. The highest BCUT2D eigenvalue weighted by molar-refractivity contribution is 7.47. The number of esters is 4. The quantitative estimate of drug-likeness (QED) is 0.0222. The maximum absolute atomic E-state index is 13.0. The van der Waals surface area contributed by atoms with Gasteiger partial charge in [-0.15, -0.1) is 0 Å². The first-order chi connectivity index (χ1) is 39.9. The molecule has 0 aromatic heterocycles. The standard InChI is InChI=1S/C64H124O17P2/c1-7-9-11-13-15-17-18-19-20-24-29-36-42-48-63(68)80-59(52-75-62(67)47-41-35-28-25-21-23-26-32-38-44-56(3)4)54-78-82(70,71)76-50-58(65)51-77-83(72,73)79-55-60(81-64(69)49-43-37-31-30-33-39-45-57(5)6)53-74-61(66)46-40-34-27-22-16-14-12-10-8-2/h56-60,65H,7-55H2,1-6H3,(H,70,71)(H,72,73)/t58-,59-,60-/m1/s1. The van der Waals surface area contributed by atoms with Gasteiger partial charge < -0.3 is 33.8 Å². The van der Waals surface area contributed by atoms with Crippen molar-refractivity contribution in [3.63, 3.8) is 0 Å². The van der Waals surface area contributed by atoms with E-state index >= 15 is 0 Å². The van der Waals surface area contributed by atoms with Gasteiger partial charge in [-0.1, -0.05) is 266 Å². The van der Waals surface area contributed by atoms with Crippen LogP contribution in [-0.4, -0.2) is 96.7 Å². The summed E-state index contributed by atoms with van der Waals surface area (Å²) in [5.41, 5.74) is 0. The molecule has 0 heterocycles. The molecule has 0 radical (unpaired) electrons. The second kappa shape index (κ2) is 56.6. The zero-order valence-electron chi connectivity index (χ0n) is 53.5. The van der Waals surface area contributed by atoms with Crippen molar-refractivity contribution in [3.05, 3.63) is 0 Å². The SMILES string of the molecule is CCCCCCCCCCCCCCCC(=O)O[C@H](COC(=O)CCCCCCCCCCCC(C)C)COP(=O)(O)OC[C@@H](O)COP(=O)(O)OC[C@@H](COC(=O)CCCCCCCCCCC)OC(=O)CCCCCCCCC(C)C. The van der Waals surface area contributed by atoms with E-state index in [0.717, 1.165) is 95.8 Å². The average Bonchev–Trinajstić information content (AvgIpc) is 3.45. The number of aliphatic hydroxyl groups is 1. The maximum atomic E-state index is 13.0. The molecule has 2 unspecified atom stereocenters. The zero-order valence-corrected chi connectivity index (χ0v) is 55.3. The number of ether oxygens (including phenoxy) is 4. The second-order valence-electron chi connectivity index (χ2n) is 24.1. The van der Waals surface area contributed by atoms with Crippen molar-refractivity contribution in [2.45, 2.75) is 336 Å². The highest BCUT2D eigenvalue weighted by atomic mass is 31.2. The molecular formula is C64H124O17P2. The number of phosphoric acid groups is 2. The summed E-state index contributed by atoms with van der Waals surface area (Å²) in [6, 6.07) is 0. The molecule has 0 aliphatic heterocycles. The van der Waals surface area contributed by atoms with Crippen LogP contribution in [0.2, 0.25) is 0 Å². The van der Waals surface area contributed by atoms with E-state index in [0.29, 0.717) is 31.6 Å². The summed E-state index contributed by atoms with van der Waals surface area (Å²) in [5, 5.41) is 10.5. The first-order valence-electron chi connectivity index (χ1n) is 33.5. The number of phosphoric ester groups is 2. The van der Waals surface area contributed by atoms with Gasteiger partial charge in [0.05, 0.1) is 26.4 Å². The molecule has 492 valence electrons. The molecule has 19 heteroatoms. The van der Waals surface area contributed by atoms with Crippen LogP contribution in [0, 0.1) is 11.8 Å². The fourth-order valence-corrected chi connectivity index (χ4v) is 11.1. The molecule has 0 aliphatic rings. The second-order valence-corrected chi connectivity index (χ2v) is 27.0. The number of rotatable bonds is 63. The van der Waals surface area contributed by atoms with Crippen molar-refractivity contribution < 1.29 is 80.2 Å². The predicted molar refractivity (Wildman–Crippen MR) is 331 cm³/mol. The molecule has 0 bridgehead atoms. The molecule has 3 N–H and O–H groups in total. The van der Waals surface area contributed by atoms with Crippen molar-refractivity contribution >= 4 is 39.5 Å². The third-order valence-corrected chi connectivity index (χ3v) is 16.6. The molecule has 0 aromatic carbocycles. The molecule has 83 heavy (non-hydrogen) atoms. The highest BCUT2D eigenvalue weighted by Gasteiger charge is 2.30. The topological polar surface area (TPSA) is 237 Å². The van der Waals surface area contributed by atoms with Crippen molar-refractivity contribution in [2.24, 2.45) is 11.8 Å². The lowest BCUT2D eigenvalue weighted by atomic mass is 10.0. The summed E-state index contributed by atoms with van der Waals surface area (Å²) in [7, 11) is -9.88. The van der Waals surface area contributed by atoms with E-state index in [1.54, 1.807) is 0 Å². The van der Waals surface area contributed by atoms with Crippen molar-refractivity contribution in [2.75, 3.05) is 39.6 Å². The van der Waals surface area contributed by atoms with Gasteiger partial charge in [0.2, 0.25) is 0 Å². The minimum absolute atomic E-state index is 0.102. The van der Waals surface area contributed by atoms with E-state index in [-0.39, 0.29) is 25.7 Å². The summed E-state index contributed by atoms with van der Waals surface area (Å²) in [6.45, 7) is 9.37. The highest BCUT2D eigenvalue weighted by Crippen LogP contribution is 2.45. The Balaban J connectivity index is 5.23. The number of hydrogen-bond donors (Lipinski definition) is 3.